The number of hydrogen-bond acceptors (Lipinski definition) is 3. The topological polar surface area (TPSA) is 104 Å². The van der Waals surface area contributed by atoms with E-state index < -0.39 is 17.3 Å². The van der Waals surface area contributed by atoms with E-state index in [-0.39, 0.29) is 5.56 Å². The molecule has 1 unspecified atom stereocenters. The molecule has 1 rings (SSSR count). The Labute approximate surface area is 124 Å². The molecule has 1 aromatic carbocycles. The minimum Gasteiger partial charge on any atom is -0.368 e. The van der Waals surface area contributed by atoms with Crippen molar-refractivity contribution in [3.05, 3.63) is 44.5 Å². The van der Waals surface area contributed by atoms with Gasteiger partial charge in [0.25, 0.3) is 0 Å². The molecule has 0 fully saturated rings. The molecule has 0 aliphatic heterocycles. The van der Waals surface area contributed by atoms with Gasteiger partial charge in [-0.2, -0.15) is 0 Å². The summed E-state index contributed by atoms with van der Waals surface area (Å²) < 4.78 is 14.6. The van der Waals surface area contributed by atoms with Crippen LogP contribution in [0.4, 0.5) is 4.39 Å². The first-order valence-electron chi connectivity index (χ1n) is 5.93. The number of primary amides is 1. The van der Waals surface area contributed by atoms with E-state index in [9.17, 15) is 9.18 Å². The van der Waals surface area contributed by atoms with Crippen LogP contribution in [-0.2, 0) is 10.3 Å². The molecule has 0 aliphatic rings. The van der Waals surface area contributed by atoms with E-state index in [2.05, 4.69) is 31.3 Å². The standard InChI is InChI=1S/C12H15BrFN5O/c1-12(11(15)20,17-5-2-6-18-19-16)9-7-8(13)3-4-10(9)14/h3-4,7,17H,2,5-6H2,1H3,(H2,15,20). The van der Waals surface area contributed by atoms with Gasteiger partial charge in [0.05, 0.1) is 0 Å². The van der Waals surface area contributed by atoms with E-state index in [0.29, 0.717) is 24.0 Å². The van der Waals surface area contributed by atoms with Crippen LogP contribution in [0.25, 0.3) is 10.4 Å². The molecule has 0 heterocycles. The molecule has 8 heteroatoms. The van der Waals surface area contributed by atoms with E-state index in [1.165, 1.54) is 19.1 Å². The molecule has 1 atom stereocenters. The number of amides is 1. The average molecular weight is 344 g/mol. The highest BCUT2D eigenvalue weighted by molar-refractivity contribution is 9.10. The van der Waals surface area contributed by atoms with E-state index in [1.54, 1.807) is 6.07 Å². The highest BCUT2D eigenvalue weighted by Gasteiger charge is 2.35. The van der Waals surface area contributed by atoms with Gasteiger partial charge in [0.1, 0.15) is 11.4 Å². The third-order valence-electron chi connectivity index (χ3n) is 2.94. The first-order chi connectivity index (χ1) is 9.41. The Morgan fingerprint density at radius 3 is 2.95 bits per heavy atom. The summed E-state index contributed by atoms with van der Waals surface area (Å²) in [5.74, 6) is -1.20. The maximum absolute atomic E-state index is 13.9. The third kappa shape index (κ3) is 3.93. The summed E-state index contributed by atoms with van der Waals surface area (Å²) in [6, 6.07) is 4.32. The van der Waals surface area contributed by atoms with Crippen molar-refractivity contribution in [3.63, 3.8) is 0 Å². The first kappa shape index (κ1) is 16.4. The summed E-state index contributed by atoms with van der Waals surface area (Å²) in [6.45, 7) is 2.18. The molecular weight excluding hydrogens is 329 g/mol. The van der Waals surface area contributed by atoms with Gasteiger partial charge in [-0.05, 0) is 43.6 Å². The normalized spacial score (nSPS) is 13.3. The highest BCUT2D eigenvalue weighted by atomic mass is 79.9. The van der Waals surface area contributed by atoms with Crippen molar-refractivity contribution in [1.29, 1.82) is 0 Å². The van der Waals surface area contributed by atoms with Crippen LogP contribution in [0, 0.1) is 5.82 Å². The van der Waals surface area contributed by atoms with E-state index >= 15 is 0 Å². The van der Waals surface area contributed by atoms with Gasteiger partial charge in [-0.15, -0.1) is 0 Å². The second-order valence-corrected chi connectivity index (χ2v) is 5.26. The van der Waals surface area contributed by atoms with Gasteiger partial charge >= 0.3 is 0 Å². The molecule has 6 nitrogen and oxygen atoms in total. The number of carbonyl (C=O) groups is 1. The minimum atomic E-state index is -1.33. The van der Waals surface area contributed by atoms with Gasteiger partial charge in [0.2, 0.25) is 5.91 Å². The van der Waals surface area contributed by atoms with Crippen LogP contribution in [0.3, 0.4) is 0 Å². The summed E-state index contributed by atoms with van der Waals surface area (Å²) in [5.41, 5.74) is 12.4. The Morgan fingerprint density at radius 2 is 2.35 bits per heavy atom. The molecular formula is C12H15BrFN5O. The predicted octanol–water partition coefficient (Wildman–Crippen LogP) is 2.58. The van der Waals surface area contributed by atoms with Gasteiger partial charge in [-0.25, -0.2) is 4.39 Å². The Balaban J connectivity index is 2.93. The zero-order valence-electron chi connectivity index (χ0n) is 10.9. The lowest BCUT2D eigenvalue weighted by atomic mass is 9.90. The molecule has 0 bridgehead atoms. The van der Waals surface area contributed by atoms with Crippen molar-refractivity contribution >= 4 is 21.8 Å². The molecule has 20 heavy (non-hydrogen) atoms. The number of halogens is 2. The quantitative estimate of drug-likeness (QED) is 0.343. The molecule has 0 saturated carbocycles. The zero-order valence-corrected chi connectivity index (χ0v) is 12.5. The van der Waals surface area contributed by atoms with Gasteiger partial charge in [0.15, 0.2) is 0 Å². The summed E-state index contributed by atoms with van der Waals surface area (Å²) >= 11 is 3.24. The molecule has 0 saturated heterocycles. The van der Waals surface area contributed by atoms with Crippen molar-refractivity contribution < 1.29 is 9.18 Å². The van der Waals surface area contributed by atoms with Crippen LogP contribution in [0.1, 0.15) is 18.9 Å². The maximum atomic E-state index is 13.9. The lowest BCUT2D eigenvalue weighted by Crippen LogP contribution is -2.51. The smallest absolute Gasteiger partial charge is 0.242 e. The lowest BCUT2D eigenvalue weighted by molar-refractivity contribution is -0.124. The molecule has 3 N–H and O–H groups in total. The Morgan fingerprint density at radius 1 is 1.65 bits per heavy atom. The Hall–Kier alpha value is -1.63. The Kier molecular flexibility index (Phi) is 5.94. The summed E-state index contributed by atoms with van der Waals surface area (Å²) in [6.07, 6.45) is 0.516. The monoisotopic (exact) mass is 343 g/mol. The molecule has 0 aromatic heterocycles. The SMILES string of the molecule is CC(NCCCN=[N+]=[N-])(C(N)=O)c1cc(Br)ccc1F. The largest absolute Gasteiger partial charge is 0.368 e. The van der Waals surface area contributed by atoms with Crippen molar-refractivity contribution in [1.82, 2.24) is 5.32 Å². The van der Waals surface area contributed by atoms with Crippen molar-refractivity contribution in [2.45, 2.75) is 18.9 Å². The van der Waals surface area contributed by atoms with E-state index in [4.69, 9.17) is 11.3 Å². The molecule has 108 valence electrons. The highest BCUT2D eigenvalue weighted by Crippen LogP contribution is 2.26. The molecule has 0 radical (unpaired) electrons. The van der Waals surface area contributed by atoms with Crippen molar-refractivity contribution in [2.75, 3.05) is 13.1 Å². The number of nitrogens with two attached hydrogens (primary N) is 1. The number of benzene rings is 1. The molecule has 0 spiro atoms. The fourth-order valence-corrected chi connectivity index (χ4v) is 2.09. The van der Waals surface area contributed by atoms with Crippen LogP contribution in [0.2, 0.25) is 0 Å². The number of hydrogen-bond donors (Lipinski definition) is 2. The number of rotatable bonds is 7. The number of azide groups is 1. The zero-order chi connectivity index (χ0) is 15.2. The first-order valence-corrected chi connectivity index (χ1v) is 6.72. The second-order valence-electron chi connectivity index (χ2n) is 4.35. The fourth-order valence-electron chi connectivity index (χ4n) is 1.73. The number of carbonyl (C=O) groups excluding carboxylic acids is 1. The molecule has 0 aliphatic carbocycles. The summed E-state index contributed by atoms with van der Waals surface area (Å²) in [4.78, 5) is 14.3. The van der Waals surface area contributed by atoms with Gasteiger partial charge in [-0.1, -0.05) is 21.0 Å². The van der Waals surface area contributed by atoms with E-state index in [0.717, 1.165) is 0 Å². The van der Waals surface area contributed by atoms with Gasteiger partial charge in [-0.3, -0.25) is 10.1 Å². The molecule has 1 aromatic rings. The second kappa shape index (κ2) is 7.23. The van der Waals surface area contributed by atoms with Crippen molar-refractivity contribution in [3.8, 4) is 0 Å². The maximum Gasteiger partial charge on any atom is 0.242 e. The number of nitrogens with zero attached hydrogens (tertiary/aromatic N) is 3. The van der Waals surface area contributed by atoms with Gasteiger partial charge in [0, 0.05) is 21.5 Å². The summed E-state index contributed by atoms with van der Waals surface area (Å²) in [7, 11) is 0. The van der Waals surface area contributed by atoms with Crippen LogP contribution in [0.5, 0.6) is 0 Å². The Bertz CT molecular complexity index is 547. The van der Waals surface area contributed by atoms with Crippen LogP contribution >= 0.6 is 15.9 Å². The van der Waals surface area contributed by atoms with Gasteiger partial charge < -0.3 is 5.73 Å². The summed E-state index contributed by atoms with van der Waals surface area (Å²) in [5, 5.41) is 6.30. The average Bonchev–Trinajstić information content (AvgIpc) is 2.40. The fraction of sp³-hybridized carbons (Fsp3) is 0.417. The lowest BCUT2D eigenvalue weighted by Gasteiger charge is -2.28. The van der Waals surface area contributed by atoms with E-state index in [1.807, 2.05) is 0 Å². The van der Waals surface area contributed by atoms with Crippen molar-refractivity contribution in [2.24, 2.45) is 10.8 Å². The van der Waals surface area contributed by atoms with Crippen LogP contribution in [0.15, 0.2) is 27.8 Å². The molecule has 1 amide bonds. The van der Waals surface area contributed by atoms with Crippen LogP contribution in [-0.4, -0.2) is 19.0 Å². The third-order valence-corrected chi connectivity index (χ3v) is 3.43. The predicted molar refractivity (Wildman–Crippen MR) is 77.3 cm³/mol. The number of nitrogens with one attached hydrogen (secondary N) is 1. The van der Waals surface area contributed by atoms with Crippen LogP contribution < -0.4 is 11.1 Å². The minimum absolute atomic E-state index is 0.170.